The number of amides is 2. The van der Waals surface area contributed by atoms with Gasteiger partial charge in [0.2, 0.25) is 5.91 Å². The van der Waals surface area contributed by atoms with Crippen molar-refractivity contribution in [3.63, 3.8) is 0 Å². The molecule has 1 saturated carbocycles. The van der Waals surface area contributed by atoms with Crippen LogP contribution in [-0.4, -0.2) is 48.2 Å². The van der Waals surface area contributed by atoms with E-state index < -0.39 is 12.3 Å². The van der Waals surface area contributed by atoms with Crippen LogP contribution in [0, 0.1) is 0 Å². The predicted molar refractivity (Wildman–Crippen MR) is 133 cm³/mol. The van der Waals surface area contributed by atoms with E-state index in [1.54, 1.807) is 27.7 Å². The summed E-state index contributed by atoms with van der Waals surface area (Å²) in [5.74, 6) is -0.646. The highest BCUT2D eigenvalue weighted by atomic mass is 19.4. The minimum Gasteiger partial charge on any atom is -0.406 e. The number of aryl methyl sites for hydroxylation is 2. The van der Waals surface area contributed by atoms with Crippen LogP contribution in [0.1, 0.15) is 61.0 Å². The summed E-state index contributed by atoms with van der Waals surface area (Å²) in [6.07, 6.45) is 6.93. The fourth-order valence-corrected chi connectivity index (χ4v) is 4.15. The van der Waals surface area contributed by atoms with Gasteiger partial charge in [-0.05, 0) is 56.2 Å². The zero-order valence-electron chi connectivity index (χ0n) is 21.2. The summed E-state index contributed by atoms with van der Waals surface area (Å²) in [5.41, 5.74) is 1.71. The third-order valence-electron chi connectivity index (χ3n) is 6.00. The number of nitrogens with one attached hydrogen (secondary N) is 2. The number of carbonyl (C=O) groups is 2. The van der Waals surface area contributed by atoms with E-state index in [1.807, 2.05) is 0 Å². The first-order valence-electron chi connectivity index (χ1n) is 12.7. The van der Waals surface area contributed by atoms with Crippen LogP contribution in [0.4, 0.5) is 19.0 Å². The number of anilines is 1. The van der Waals surface area contributed by atoms with Gasteiger partial charge in [-0.2, -0.15) is 0 Å². The Morgan fingerprint density at radius 2 is 1.72 bits per heavy atom. The average Bonchev–Trinajstić information content (AvgIpc) is 3.55. The Bertz CT molecular complexity index is 1290. The number of alkyl halides is 3. The van der Waals surface area contributed by atoms with E-state index in [2.05, 4.69) is 36.0 Å². The molecule has 0 spiro atoms. The Morgan fingerprint density at radius 3 is 2.46 bits per heavy atom. The zero-order chi connectivity index (χ0) is 27.7. The van der Waals surface area contributed by atoms with Crippen LogP contribution in [-0.2, 0) is 24.4 Å². The van der Waals surface area contributed by atoms with Crippen LogP contribution < -0.4 is 15.4 Å². The highest BCUT2D eigenvalue weighted by Gasteiger charge is 2.31. The van der Waals surface area contributed by atoms with Crippen LogP contribution in [0.3, 0.4) is 0 Å². The molecule has 0 atom stereocenters. The molecule has 4 rings (SSSR count). The second-order valence-corrected chi connectivity index (χ2v) is 9.17. The Kier molecular flexibility index (Phi) is 9.28. The van der Waals surface area contributed by atoms with Crippen molar-refractivity contribution in [3.8, 4) is 5.75 Å². The Morgan fingerprint density at radius 1 is 1.00 bits per heavy atom. The maximum Gasteiger partial charge on any atom is 0.573 e. The van der Waals surface area contributed by atoms with E-state index in [0.717, 1.165) is 38.5 Å². The summed E-state index contributed by atoms with van der Waals surface area (Å²) >= 11 is 0. The van der Waals surface area contributed by atoms with Crippen LogP contribution >= 0.6 is 0 Å². The molecule has 1 aliphatic carbocycles. The highest BCUT2D eigenvalue weighted by molar-refractivity contribution is 5.99. The van der Waals surface area contributed by atoms with Crippen molar-refractivity contribution in [2.24, 2.45) is 0 Å². The number of ether oxygens (including phenoxy) is 1. The highest BCUT2D eigenvalue weighted by Crippen LogP contribution is 2.24. The van der Waals surface area contributed by atoms with Crippen LogP contribution in [0.5, 0.6) is 5.75 Å². The maximum absolute atomic E-state index is 12.4. The number of nitrogens with zero attached hydrogens (tertiary/aromatic N) is 6. The van der Waals surface area contributed by atoms with E-state index in [0.29, 0.717) is 24.5 Å². The van der Waals surface area contributed by atoms with Crippen LogP contribution in [0.25, 0.3) is 0 Å². The molecule has 2 amide bonds. The first kappa shape index (κ1) is 27.8. The van der Waals surface area contributed by atoms with Gasteiger partial charge in [0.15, 0.2) is 11.5 Å². The lowest BCUT2D eigenvalue weighted by atomic mass is 9.95. The molecule has 11 nitrogen and oxygen atoms in total. The number of hydrogen-bond acceptors (Lipinski definition) is 7. The van der Waals surface area contributed by atoms with Crippen molar-refractivity contribution in [1.29, 1.82) is 0 Å². The molecule has 3 aromatic rings. The Balaban J connectivity index is 1.16. The molecule has 1 fully saturated rings. The van der Waals surface area contributed by atoms with E-state index in [1.165, 1.54) is 36.4 Å². The minimum atomic E-state index is -4.79. The molecule has 0 aliphatic heterocycles. The van der Waals surface area contributed by atoms with Gasteiger partial charge in [-0.3, -0.25) is 19.0 Å². The lowest BCUT2D eigenvalue weighted by Gasteiger charge is -2.12. The van der Waals surface area contributed by atoms with Crippen molar-refractivity contribution in [2.45, 2.75) is 70.9 Å². The van der Waals surface area contributed by atoms with Gasteiger partial charge in [0.05, 0.1) is 12.4 Å². The molecule has 0 unspecified atom stereocenters. The molecule has 14 heteroatoms. The molecule has 0 radical (unpaired) electrons. The van der Waals surface area contributed by atoms with E-state index in [9.17, 15) is 22.8 Å². The number of halogens is 3. The van der Waals surface area contributed by atoms with Gasteiger partial charge in [0, 0.05) is 25.7 Å². The number of hydrogen-bond donors (Lipinski definition) is 2. The van der Waals surface area contributed by atoms with E-state index >= 15 is 0 Å². The monoisotopic (exact) mass is 546 g/mol. The van der Waals surface area contributed by atoms with Gasteiger partial charge >= 0.3 is 6.36 Å². The second-order valence-electron chi connectivity index (χ2n) is 9.17. The second kappa shape index (κ2) is 13.0. The Labute approximate surface area is 222 Å². The summed E-state index contributed by atoms with van der Waals surface area (Å²) in [6, 6.07) is 5.36. The summed E-state index contributed by atoms with van der Waals surface area (Å²) in [5, 5.41) is 21.2. The van der Waals surface area contributed by atoms with Crippen LogP contribution in [0.2, 0.25) is 0 Å². The molecule has 1 aliphatic rings. The fraction of sp³-hybridized carbons (Fsp3) is 0.440. The summed E-state index contributed by atoms with van der Waals surface area (Å²) < 4.78 is 44.2. The SMILES string of the molecule is O=C(C=C1CCCCC1)Nc1cn(CCCCn2cc(C(=O)NCc3cccc(OC(F)(F)F)c3)nn2)nn1. The van der Waals surface area contributed by atoms with Crippen molar-refractivity contribution in [2.75, 3.05) is 5.32 Å². The zero-order valence-corrected chi connectivity index (χ0v) is 21.2. The van der Waals surface area contributed by atoms with Crippen molar-refractivity contribution < 1.29 is 27.5 Å². The first-order chi connectivity index (χ1) is 18.7. The van der Waals surface area contributed by atoms with Crippen molar-refractivity contribution in [3.05, 3.63) is 59.6 Å². The van der Waals surface area contributed by atoms with Gasteiger partial charge in [0.1, 0.15) is 5.75 Å². The third kappa shape index (κ3) is 9.23. The van der Waals surface area contributed by atoms with Gasteiger partial charge in [-0.1, -0.05) is 34.6 Å². The minimum absolute atomic E-state index is 0.00144. The third-order valence-corrected chi connectivity index (χ3v) is 6.00. The molecular weight excluding hydrogens is 517 g/mol. The average molecular weight is 547 g/mol. The van der Waals surface area contributed by atoms with E-state index in [-0.39, 0.29) is 23.9 Å². The van der Waals surface area contributed by atoms with Gasteiger partial charge < -0.3 is 15.4 Å². The normalized spacial score (nSPS) is 13.7. The smallest absolute Gasteiger partial charge is 0.406 e. The van der Waals surface area contributed by atoms with Crippen LogP contribution in [0.15, 0.2) is 48.3 Å². The number of aromatic nitrogens is 6. The lowest BCUT2D eigenvalue weighted by molar-refractivity contribution is -0.274. The standard InChI is InChI=1S/C25H29F3N8O3/c26-25(27,28)39-20-10-6-9-19(13-20)15-29-24(38)21-16-35(33-31-21)11-4-5-12-36-17-22(32-34-36)30-23(37)14-18-7-2-1-3-8-18/h6,9-10,13-14,16-17H,1-5,7-8,11-12,15H2,(H,29,38)(H,30,37). The fourth-order valence-electron chi connectivity index (χ4n) is 4.15. The topological polar surface area (TPSA) is 129 Å². The number of allylic oxidation sites excluding steroid dienone is 1. The molecule has 1 aromatic carbocycles. The summed E-state index contributed by atoms with van der Waals surface area (Å²) in [4.78, 5) is 24.5. The first-order valence-corrected chi connectivity index (χ1v) is 12.7. The van der Waals surface area contributed by atoms with Crippen molar-refractivity contribution in [1.82, 2.24) is 35.3 Å². The maximum atomic E-state index is 12.4. The Hall–Kier alpha value is -4.23. The largest absolute Gasteiger partial charge is 0.573 e. The number of carbonyl (C=O) groups excluding carboxylic acids is 2. The summed E-state index contributed by atoms with van der Waals surface area (Å²) in [7, 11) is 0. The van der Waals surface area contributed by atoms with E-state index in [4.69, 9.17) is 0 Å². The summed E-state index contributed by atoms with van der Waals surface area (Å²) in [6.45, 7) is 1.10. The molecule has 0 saturated heterocycles. The lowest BCUT2D eigenvalue weighted by Crippen LogP contribution is -2.23. The van der Waals surface area contributed by atoms with Gasteiger partial charge in [-0.15, -0.1) is 23.4 Å². The number of benzene rings is 1. The number of unbranched alkanes of at least 4 members (excludes halogenated alkanes) is 1. The molecule has 39 heavy (non-hydrogen) atoms. The predicted octanol–water partition coefficient (Wildman–Crippen LogP) is 4.01. The quantitative estimate of drug-likeness (QED) is 0.275. The molecule has 208 valence electrons. The van der Waals surface area contributed by atoms with Gasteiger partial charge in [-0.25, -0.2) is 0 Å². The van der Waals surface area contributed by atoms with Crippen molar-refractivity contribution >= 4 is 17.6 Å². The molecule has 2 aromatic heterocycles. The molecule has 2 heterocycles. The molecule has 2 N–H and O–H groups in total. The number of rotatable bonds is 11. The molecule has 0 bridgehead atoms. The molecular formula is C25H29F3N8O3. The van der Waals surface area contributed by atoms with Gasteiger partial charge in [0.25, 0.3) is 5.91 Å².